The van der Waals surface area contributed by atoms with E-state index in [-0.39, 0.29) is 29.0 Å². The van der Waals surface area contributed by atoms with Gasteiger partial charge < -0.3 is 29.8 Å². The number of hydrogen-bond donors (Lipinski definition) is 3. The molecule has 3 atom stereocenters. The van der Waals surface area contributed by atoms with Gasteiger partial charge in [0.15, 0.2) is 5.69 Å². The van der Waals surface area contributed by atoms with Gasteiger partial charge in [-0.25, -0.2) is 24.5 Å². The molecule has 0 saturated carbocycles. The van der Waals surface area contributed by atoms with Crippen molar-refractivity contribution >= 4 is 46.6 Å². The lowest BCUT2D eigenvalue weighted by Gasteiger charge is -2.21. The van der Waals surface area contributed by atoms with E-state index in [0.29, 0.717) is 20.6 Å². The number of amides is 3. The molecule has 0 radical (unpaired) electrons. The molecule has 0 aliphatic heterocycles. The minimum Gasteiger partial charge on any atom is -0.444 e. The van der Waals surface area contributed by atoms with Crippen LogP contribution in [0.2, 0.25) is 0 Å². The van der Waals surface area contributed by atoms with Crippen LogP contribution >= 0.6 is 22.7 Å². The average Bonchev–Trinajstić information content (AvgIpc) is 3.75. The van der Waals surface area contributed by atoms with E-state index in [4.69, 9.17) is 13.9 Å². The van der Waals surface area contributed by atoms with Crippen molar-refractivity contribution in [2.45, 2.75) is 79.1 Å². The highest BCUT2D eigenvalue weighted by molar-refractivity contribution is 7.13. The van der Waals surface area contributed by atoms with Crippen molar-refractivity contribution < 1.29 is 33.1 Å². The van der Waals surface area contributed by atoms with Crippen LogP contribution in [0.15, 0.2) is 46.3 Å². The molecule has 3 aromatic heterocycles. The molecule has 13 nitrogen and oxygen atoms in total. The number of oxazole rings is 1. The maximum absolute atomic E-state index is 13.4. The number of benzene rings is 1. The second kappa shape index (κ2) is 14.9. The van der Waals surface area contributed by atoms with Gasteiger partial charge in [0.2, 0.25) is 5.89 Å². The standard InChI is InChI=1S/C32H38N6O7S2/c1-16(2)23(29-33-14-22(47-29)30(41)44-20-12-10-9-11-13-20)37-26(40)24-19(5)43-27(38-24)17(3)34-25(39)21-15-46-28(36-21)18(4)35-31(42)45-32(6,7)8/h9-18,23H,1-8H3,(H,34,39)(H,35,42)(H,37,40)/t17-,18-,23-/m1/s1. The zero-order valence-electron chi connectivity index (χ0n) is 27.4. The third kappa shape index (κ3) is 9.45. The summed E-state index contributed by atoms with van der Waals surface area (Å²) in [6.07, 6.45) is 0.846. The Balaban J connectivity index is 1.38. The van der Waals surface area contributed by atoms with E-state index in [2.05, 4.69) is 30.9 Å². The van der Waals surface area contributed by atoms with Gasteiger partial charge in [-0.2, -0.15) is 0 Å². The summed E-state index contributed by atoms with van der Waals surface area (Å²) < 4.78 is 16.4. The normalized spacial score (nSPS) is 13.4. The topological polar surface area (TPSA) is 175 Å². The number of aromatic nitrogens is 3. The first kappa shape index (κ1) is 35.2. The third-order valence-corrected chi connectivity index (χ3v) is 8.59. The summed E-state index contributed by atoms with van der Waals surface area (Å²) in [5, 5.41) is 11.1. The van der Waals surface area contributed by atoms with Gasteiger partial charge in [0.1, 0.15) is 43.7 Å². The van der Waals surface area contributed by atoms with Crippen molar-refractivity contribution in [3.05, 3.63) is 79.8 Å². The van der Waals surface area contributed by atoms with Gasteiger partial charge in [0.25, 0.3) is 11.8 Å². The Morgan fingerprint density at radius 1 is 0.894 bits per heavy atom. The second-order valence-corrected chi connectivity index (χ2v) is 14.0. The number of aryl methyl sites for hydroxylation is 1. The first-order valence-electron chi connectivity index (χ1n) is 14.9. The van der Waals surface area contributed by atoms with Crippen LogP contribution in [0.4, 0.5) is 4.79 Å². The van der Waals surface area contributed by atoms with Gasteiger partial charge in [-0.05, 0) is 59.6 Å². The van der Waals surface area contributed by atoms with Gasteiger partial charge >= 0.3 is 12.1 Å². The molecule has 0 aliphatic rings. The third-order valence-electron chi connectivity index (χ3n) is 6.50. The van der Waals surface area contributed by atoms with E-state index in [0.717, 1.165) is 11.3 Å². The summed E-state index contributed by atoms with van der Waals surface area (Å²) in [4.78, 5) is 64.5. The molecule has 3 amide bonds. The molecule has 0 unspecified atom stereocenters. The quantitative estimate of drug-likeness (QED) is 0.120. The van der Waals surface area contributed by atoms with E-state index >= 15 is 0 Å². The lowest BCUT2D eigenvalue weighted by Crippen LogP contribution is -2.34. The molecule has 0 aliphatic carbocycles. The summed E-state index contributed by atoms with van der Waals surface area (Å²) in [6.45, 7) is 14.2. The Labute approximate surface area is 280 Å². The minimum atomic E-state index is -0.691. The van der Waals surface area contributed by atoms with Gasteiger partial charge in [0, 0.05) is 5.38 Å². The van der Waals surface area contributed by atoms with Crippen LogP contribution < -0.4 is 20.7 Å². The number of nitrogens with zero attached hydrogens (tertiary/aromatic N) is 3. The number of alkyl carbamates (subject to hydrolysis) is 1. The predicted octanol–water partition coefficient (Wildman–Crippen LogP) is 6.32. The molecular formula is C32H38N6O7S2. The fourth-order valence-electron chi connectivity index (χ4n) is 4.18. The molecule has 4 rings (SSSR count). The zero-order valence-corrected chi connectivity index (χ0v) is 29.0. The van der Waals surface area contributed by atoms with E-state index in [1.54, 1.807) is 71.2 Å². The fourth-order valence-corrected chi connectivity index (χ4v) is 6.00. The summed E-state index contributed by atoms with van der Waals surface area (Å²) in [7, 11) is 0. The largest absolute Gasteiger partial charge is 0.444 e. The van der Waals surface area contributed by atoms with Gasteiger partial charge in [0.05, 0.1) is 18.3 Å². The Morgan fingerprint density at radius 3 is 2.26 bits per heavy atom. The number of nitrogens with one attached hydrogen (secondary N) is 3. The molecule has 0 saturated heterocycles. The molecule has 0 spiro atoms. The monoisotopic (exact) mass is 682 g/mol. The van der Waals surface area contributed by atoms with Crippen molar-refractivity contribution in [2.75, 3.05) is 0 Å². The highest BCUT2D eigenvalue weighted by atomic mass is 32.1. The van der Waals surface area contributed by atoms with Crippen LogP contribution in [0, 0.1) is 12.8 Å². The second-order valence-electron chi connectivity index (χ2n) is 12.1. The lowest BCUT2D eigenvalue weighted by atomic mass is 10.1. The van der Waals surface area contributed by atoms with Gasteiger partial charge in [-0.3, -0.25) is 9.59 Å². The van der Waals surface area contributed by atoms with Gasteiger partial charge in [-0.15, -0.1) is 22.7 Å². The van der Waals surface area contributed by atoms with Gasteiger partial charge in [-0.1, -0.05) is 32.0 Å². The number of carbonyl (C=O) groups is 4. The van der Waals surface area contributed by atoms with Crippen LogP contribution in [0.5, 0.6) is 5.75 Å². The molecule has 4 aromatic rings. The summed E-state index contributed by atoms with van der Waals surface area (Å²) >= 11 is 2.36. The summed E-state index contributed by atoms with van der Waals surface area (Å²) in [5.41, 5.74) is -0.426. The van der Waals surface area contributed by atoms with Crippen LogP contribution in [0.25, 0.3) is 0 Å². The van der Waals surface area contributed by atoms with E-state index < -0.39 is 47.6 Å². The number of thiazole rings is 2. The van der Waals surface area contributed by atoms with Crippen LogP contribution in [-0.2, 0) is 4.74 Å². The smallest absolute Gasteiger partial charge is 0.408 e. The summed E-state index contributed by atoms with van der Waals surface area (Å²) in [6, 6.07) is 7.04. The molecule has 0 bridgehead atoms. The van der Waals surface area contributed by atoms with Crippen LogP contribution in [-0.4, -0.2) is 44.4 Å². The van der Waals surface area contributed by atoms with Crippen LogP contribution in [0.1, 0.15) is 119 Å². The van der Waals surface area contributed by atoms with E-state index in [1.165, 1.54) is 17.5 Å². The average molecular weight is 683 g/mol. The Hall–Kier alpha value is -4.63. The number of para-hydroxylation sites is 1. The molecule has 3 N–H and O–H groups in total. The van der Waals surface area contributed by atoms with Crippen molar-refractivity contribution in [3.8, 4) is 5.75 Å². The van der Waals surface area contributed by atoms with Crippen molar-refractivity contribution in [1.29, 1.82) is 0 Å². The predicted molar refractivity (Wildman–Crippen MR) is 176 cm³/mol. The molecule has 15 heteroatoms. The number of ether oxygens (including phenoxy) is 2. The fraction of sp³-hybridized carbons (Fsp3) is 0.406. The molecular weight excluding hydrogens is 645 g/mol. The number of hydrogen-bond acceptors (Lipinski definition) is 12. The molecule has 1 aromatic carbocycles. The maximum Gasteiger partial charge on any atom is 0.408 e. The number of esters is 1. The summed E-state index contributed by atoms with van der Waals surface area (Å²) in [5.74, 6) is -0.753. The van der Waals surface area contributed by atoms with Crippen molar-refractivity contribution in [2.24, 2.45) is 5.92 Å². The number of rotatable bonds is 11. The number of carbonyl (C=O) groups excluding carboxylic acids is 4. The van der Waals surface area contributed by atoms with Crippen molar-refractivity contribution in [1.82, 2.24) is 30.9 Å². The Morgan fingerprint density at radius 2 is 1.60 bits per heavy atom. The van der Waals surface area contributed by atoms with Crippen LogP contribution in [0.3, 0.4) is 0 Å². The lowest BCUT2D eigenvalue weighted by molar-refractivity contribution is 0.0507. The highest BCUT2D eigenvalue weighted by Gasteiger charge is 2.28. The SMILES string of the molecule is Cc1oc([C@@H](C)NC(=O)c2csc([C@@H](C)NC(=O)OC(C)(C)C)n2)nc1C(=O)N[C@@H](c1ncc(C(=O)Oc2ccccc2)s1)C(C)C. The molecule has 0 fully saturated rings. The first-order valence-corrected chi connectivity index (χ1v) is 16.6. The first-order chi connectivity index (χ1) is 22.1. The highest BCUT2D eigenvalue weighted by Crippen LogP contribution is 2.28. The Kier molecular flexibility index (Phi) is 11.1. The minimum absolute atomic E-state index is 0.0602. The molecule has 250 valence electrons. The Bertz CT molecular complexity index is 1720. The molecule has 3 heterocycles. The van der Waals surface area contributed by atoms with Crippen molar-refractivity contribution in [3.63, 3.8) is 0 Å². The molecule has 47 heavy (non-hydrogen) atoms. The van der Waals surface area contributed by atoms with E-state index in [1.807, 2.05) is 19.9 Å². The maximum atomic E-state index is 13.4. The van der Waals surface area contributed by atoms with E-state index in [9.17, 15) is 19.2 Å². The zero-order chi connectivity index (χ0) is 34.5.